The van der Waals surface area contributed by atoms with E-state index in [1.165, 1.54) is 18.2 Å². The van der Waals surface area contributed by atoms with E-state index in [-0.39, 0.29) is 28.7 Å². The molecule has 0 fully saturated rings. The highest BCUT2D eigenvalue weighted by atomic mass is 32.1. The largest absolute Gasteiger partial charge is 0.401 e. The van der Waals surface area contributed by atoms with Crippen molar-refractivity contribution in [1.29, 1.82) is 0 Å². The zero-order valence-electron chi connectivity index (χ0n) is 11.2. The van der Waals surface area contributed by atoms with Crippen molar-refractivity contribution in [3.8, 4) is 0 Å². The van der Waals surface area contributed by atoms with E-state index < -0.39 is 18.5 Å². The van der Waals surface area contributed by atoms with Crippen LogP contribution in [-0.4, -0.2) is 28.7 Å². The van der Waals surface area contributed by atoms with Gasteiger partial charge < -0.3 is 5.73 Å². The molecule has 2 N–H and O–H groups in total. The summed E-state index contributed by atoms with van der Waals surface area (Å²) in [6, 6.07) is 4.00. The lowest BCUT2D eigenvalue weighted by atomic mass is 10.1. The van der Waals surface area contributed by atoms with Crippen LogP contribution in [0.4, 0.5) is 17.6 Å². The molecule has 0 heterocycles. The number of halogens is 4. The maximum atomic E-state index is 14.1. The molecule has 0 amide bonds. The van der Waals surface area contributed by atoms with Gasteiger partial charge in [0, 0.05) is 23.7 Å². The van der Waals surface area contributed by atoms with Crippen LogP contribution in [0.3, 0.4) is 0 Å². The van der Waals surface area contributed by atoms with Crippen molar-refractivity contribution in [3.63, 3.8) is 0 Å². The Morgan fingerprint density at radius 3 is 2.40 bits per heavy atom. The molecule has 0 spiro atoms. The van der Waals surface area contributed by atoms with Crippen LogP contribution in [-0.2, 0) is 6.54 Å². The Morgan fingerprint density at radius 1 is 1.35 bits per heavy atom. The summed E-state index contributed by atoms with van der Waals surface area (Å²) in [4.78, 5) is 1.03. The number of nitrogens with two attached hydrogens (primary N) is 1. The van der Waals surface area contributed by atoms with Crippen LogP contribution in [0.25, 0.3) is 0 Å². The molecule has 1 aromatic carbocycles. The standard InChI is InChI=1S/C13H16F4N2S/c1-8(2)19(7-13(15,16)17)6-9-4-3-5-10(11(9)14)12(18)20/h3-5,8H,6-7H2,1-2H3,(H2,18,20). The van der Waals surface area contributed by atoms with Gasteiger partial charge in [0.05, 0.1) is 6.54 Å². The van der Waals surface area contributed by atoms with Crippen LogP contribution in [0.2, 0.25) is 0 Å². The predicted molar refractivity (Wildman–Crippen MR) is 73.9 cm³/mol. The first kappa shape index (κ1) is 16.8. The molecular formula is C13H16F4N2S. The van der Waals surface area contributed by atoms with Crippen LogP contribution >= 0.6 is 12.2 Å². The van der Waals surface area contributed by atoms with Crippen LogP contribution in [0.15, 0.2) is 18.2 Å². The summed E-state index contributed by atoms with van der Waals surface area (Å²) in [5.74, 6) is -0.659. The van der Waals surface area contributed by atoms with Gasteiger partial charge in [-0.25, -0.2) is 4.39 Å². The van der Waals surface area contributed by atoms with Gasteiger partial charge in [0.15, 0.2) is 0 Å². The fourth-order valence-corrected chi connectivity index (χ4v) is 1.92. The van der Waals surface area contributed by atoms with E-state index in [4.69, 9.17) is 18.0 Å². The number of nitrogens with zero attached hydrogens (tertiary/aromatic N) is 1. The highest BCUT2D eigenvalue weighted by molar-refractivity contribution is 7.80. The second kappa shape index (κ2) is 6.49. The van der Waals surface area contributed by atoms with E-state index in [2.05, 4.69) is 0 Å². The molecule has 0 saturated carbocycles. The Morgan fingerprint density at radius 2 is 1.95 bits per heavy atom. The van der Waals surface area contributed by atoms with Crippen LogP contribution in [0.5, 0.6) is 0 Å². The molecule has 20 heavy (non-hydrogen) atoms. The van der Waals surface area contributed by atoms with Gasteiger partial charge in [-0.1, -0.05) is 24.4 Å². The molecule has 0 aliphatic rings. The lowest BCUT2D eigenvalue weighted by Gasteiger charge is -2.27. The summed E-state index contributed by atoms with van der Waals surface area (Å²) < 4.78 is 51.6. The molecule has 0 saturated heterocycles. The van der Waals surface area contributed by atoms with Gasteiger partial charge in [-0.3, -0.25) is 4.90 Å². The SMILES string of the molecule is CC(C)N(Cc1cccc(C(N)=S)c1F)CC(F)(F)F. The van der Waals surface area contributed by atoms with Gasteiger partial charge in [-0.2, -0.15) is 13.2 Å². The quantitative estimate of drug-likeness (QED) is 0.669. The molecule has 112 valence electrons. The Labute approximate surface area is 120 Å². The molecule has 0 atom stereocenters. The van der Waals surface area contributed by atoms with Crippen molar-refractivity contribution < 1.29 is 17.6 Å². The van der Waals surface area contributed by atoms with E-state index in [1.807, 2.05) is 0 Å². The zero-order valence-corrected chi connectivity index (χ0v) is 12.0. The fraction of sp³-hybridized carbons (Fsp3) is 0.462. The first-order valence-corrected chi connectivity index (χ1v) is 6.40. The van der Waals surface area contributed by atoms with Crippen LogP contribution in [0.1, 0.15) is 25.0 Å². The first-order valence-electron chi connectivity index (χ1n) is 6.00. The second-order valence-corrected chi connectivity index (χ2v) is 5.20. The van der Waals surface area contributed by atoms with Gasteiger partial charge in [-0.05, 0) is 19.9 Å². The number of hydrogen-bond donors (Lipinski definition) is 1. The van der Waals surface area contributed by atoms with Gasteiger partial charge in [-0.15, -0.1) is 0 Å². The minimum Gasteiger partial charge on any atom is -0.389 e. The van der Waals surface area contributed by atoms with Crippen molar-refractivity contribution in [1.82, 2.24) is 4.90 Å². The number of rotatable bonds is 5. The van der Waals surface area contributed by atoms with E-state index >= 15 is 0 Å². The molecule has 0 aliphatic carbocycles. The second-order valence-electron chi connectivity index (χ2n) is 4.76. The van der Waals surface area contributed by atoms with Crippen molar-refractivity contribution in [2.24, 2.45) is 5.73 Å². The van der Waals surface area contributed by atoms with E-state index in [0.29, 0.717) is 0 Å². The maximum Gasteiger partial charge on any atom is 0.401 e. The maximum absolute atomic E-state index is 14.1. The van der Waals surface area contributed by atoms with E-state index in [1.54, 1.807) is 13.8 Å². The summed E-state index contributed by atoms with van der Waals surface area (Å²) in [5.41, 5.74) is 5.57. The third-order valence-electron chi connectivity index (χ3n) is 2.83. The van der Waals surface area contributed by atoms with Crippen molar-refractivity contribution in [3.05, 3.63) is 35.1 Å². The Hall–Kier alpha value is -1.21. The van der Waals surface area contributed by atoms with Gasteiger partial charge in [0.25, 0.3) is 0 Å². The Kier molecular flexibility index (Phi) is 5.47. The molecule has 7 heteroatoms. The van der Waals surface area contributed by atoms with Crippen LogP contribution in [0, 0.1) is 5.82 Å². The summed E-state index contributed by atoms with van der Waals surface area (Å²) in [6.45, 7) is 2.00. The molecular weight excluding hydrogens is 292 g/mol. The summed E-state index contributed by atoms with van der Waals surface area (Å²) in [5, 5.41) is 0. The minimum absolute atomic E-state index is 0.0493. The van der Waals surface area contributed by atoms with E-state index in [9.17, 15) is 17.6 Å². The van der Waals surface area contributed by atoms with Crippen molar-refractivity contribution >= 4 is 17.2 Å². The molecule has 2 nitrogen and oxygen atoms in total. The monoisotopic (exact) mass is 308 g/mol. The molecule has 1 aromatic rings. The fourth-order valence-electron chi connectivity index (χ4n) is 1.76. The first-order chi connectivity index (χ1) is 9.11. The summed E-state index contributed by atoms with van der Waals surface area (Å²) in [6.07, 6.45) is -4.33. The zero-order chi connectivity index (χ0) is 15.5. The van der Waals surface area contributed by atoms with E-state index in [0.717, 1.165) is 4.90 Å². The number of benzene rings is 1. The molecule has 0 aromatic heterocycles. The molecule has 0 radical (unpaired) electrons. The molecule has 0 bridgehead atoms. The third-order valence-corrected chi connectivity index (χ3v) is 3.05. The lowest BCUT2D eigenvalue weighted by molar-refractivity contribution is -0.151. The molecule has 0 aliphatic heterocycles. The Bertz CT molecular complexity index is 486. The molecule has 1 rings (SSSR count). The number of alkyl halides is 3. The minimum atomic E-state index is -4.33. The number of hydrogen-bond acceptors (Lipinski definition) is 2. The highest BCUT2D eigenvalue weighted by Crippen LogP contribution is 2.21. The summed E-state index contributed by atoms with van der Waals surface area (Å²) in [7, 11) is 0. The Balaban J connectivity index is 3.00. The smallest absolute Gasteiger partial charge is 0.389 e. The van der Waals surface area contributed by atoms with Gasteiger partial charge in [0.1, 0.15) is 10.8 Å². The molecule has 0 unspecified atom stereocenters. The highest BCUT2D eigenvalue weighted by Gasteiger charge is 2.32. The average Bonchev–Trinajstić information content (AvgIpc) is 2.28. The number of thiocarbonyl (C=S) groups is 1. The summed E-state index contributed by atoms with van der Waals surface area (Å²) >= 11 is 4.71. The third kappa shape index (κ3) is 4.72. The normalized spacial score (nSPS) is 12.2. The topological polar surface area (TPSA) is 29.3 Å². The van der Waals surface area contributed by atoms with Gasteiger partial charge in [0.2, 0.25) is 0 Å². The average molecular weight is 308 g/mol. The van der Waals surface area contributed by atoms with Crippen LogP contribution < -0.4 is 5.73 Å². The van der Waals surface area contributed by atoms with Gasteiger partial charge >= 0.3 is 6.18 Å². The predicted octanol–water partition coefficient (Wildman–Crippen LogP) is 3.23. The van der Waals surface area contributed by atoms with Crippen molar-refractivity contribution in [2.45, 2.75) is 32.6 Å². The lowest BCUT2D eigenvalue weighted by Crippen LogP contribution is -2.38. The van der Waals surface area contributed by atoms with Crippen molar-refractivity contribution in [2.75, 3.05) is 6.54 Å².